The first kappa shape index (κ1) is 14.3. The summed E-state index contributed by atoms with van der Waals surface area (Å²) in [6.45, 7) is 2.94. The monoisotopic (exact) mass is 291 g/mol. The van der Waals surface area contributed by atoms with Gasteiger partial charge >= 0.3 is 0 Å². The Labute approximate surface area is 122 Å². The first-order chi connectivity index (χ1) is 9.56. The van der Waals surface area contributed by atoms with E-state index < -0.39 is 0 Å². The quantitative estimate of drug-likeness (QED) is 0.917. The molecule has 1 aromatic heterocycles. The minimum absolute atomic E-state index is 0.147. The fourth-order valence-electron chi connectivity index (χ4n) is 1.69. The summed E-state index contributed by atoms with van der Waals surface area (Å²) in [6, 6.07) is 7.81. The maximum Gasteiger partial charge on any atom is 0.273 e. The molecular formula is C14H17N3O2S. The van der Waals surface area contributed by atoms with Crippen molar-refractivity contribution in [3.05, 3.63) is 40.9 Å². The molecule has 0 spiro atoms. The van der Waals surface area contributed by atoms with Crippen molar-refractivity contribution in [2.45, 2.75) is 6.92 Å². The van der Waals surface area contributed by atoms with Crippen molar-refractivity contribution >= 4 is 22.4 Å². The van der Waals surface area contributed by atoms with Crippen LogP contribution in [-0.2, 0) is 0 Å². The molecule has 0 saturated heterocycles. The lowest BCUT2D eigenvalue weighted by atomic mass is 10.2. The molecule has 0 radical (unpaired) electrons. The van der Waals surface area contributed by atoms with Crippen LogP contribution in [0, 0.1) is 6.92 Å². The summed E-state index contributed by atoms with van der Waals surface area (Å²) in [5, 5.41) is 2.06. The molecule has 0 aliphatic heterocycles. The number of aromatic nitrogens is 1. The van der Waals surface area contributed by atoms with E-state index >= 15 is 0 Å². The Morgan fingerprint density at radius 3 is 2.95 bits per heavy atom. The van der Waals surface area contributed by atoms with Gasteiger partial charge in [-0.15, -0.1) is 11.3 Å². The Morgan fingerprint density at radius 2 is 2.30 bits per heavy atom. The fraction of sp³-hybridized carbons (Fsp3) is 0.286. The summed E-state index contributed by atoms with van der Waals surface area (Å²) < 4.78 is 5.61. The van der Waals surface area contributed by atoms with E-state index in [0.717, 1.165) is 11.3 Å². The molecule has 6 heteroatoms. The molecule has 106 valence electrons. The van der Waals surface area contributed by atoms with E-state index in [-0.39, 0.29) is 5.91 Å². The van der Waals surface area contributed by atoms with Crippen molar-refractivity contribution in [1.82, 2.24) is 9.88 Å². The molecule has 0 fully saturated rings. The van der Waals surface area contributed by atoms with Crippen molar-refractivity contribution in [3.8, 4) is 5.75 Å². The van der Waals surface area contributed by atoms with Crippen LogP contribution in [0.3, 0.4) is 0 Å². The Bertz CT molecular complexity index is 598. The molecule has 0 saturated carbocycles. The zero-order chi connectivity index (χ0) is 14.5. The zero-order valence-corrected chi connectivity index (χ0v) is 12.3. The van der Waals surface area contributed by atoms with Crippen molar-refractivity contribution < 1.29 is 9.53 Å². The molecule has 0 aliphatic rings. The number of likely N-dealkylation sites (N-methyl/N-ethyl adjacent to an activating group) is 1. The van der Waals surface area contributed by atoms with Gasteiger partial charge in [-0.1, -0.05) is 12.1 Å². The number of nitrogen functional groups attached to an aromatic ring is 1. The third-order valence-corrected chi connectivity index (χ3v) is 3.45. The van der Waals surface area contributed by atoms with Crippen molar-refractivity contribution in [1.29, 1.82) is 0 Å². The minimum atomic E-state index is -0.147. The van der Waals surface area contributed by atoms with E-state index in [4.69, 9.17) is 10.5 Å². The van der Waals surface area contributed by atoms with Gasteiger partial charge in [0.2, 0.25) is 0 Å². The zero-order valence-electron chi connectivity index (χ0n) is 11.5. The lowest BCUT2D eigenvalue weighted by Gasteiger charge is -2.16. The minimum Gasteiger partial charge on any atom is -0.492 e. The number of hydrogen-bond acceptors (Lipinski definition) is 5. The number of ether oxygens (including phenoxy) is 1. The molecule has 2 aromatic rings. The standard InChI is InChI=1S/C14H17N3O2S/c1-10-4-3-5-11(8-10)19-7-6-17(2)13(18)12-9-20-14(15)16-12/h3-5,8-9H,6-7H2,1-2H3,(H2,15,16). The smallest absolute Gasteiger partial charge is 0.273 e. The van der Waals surface area contributed by atoms with E-state index in [1.807, 2.05) is 31.2 Å². The van der Waals surface area contributed by atoms with Crippen LogP contribution in [0.15, 0.2) is 29.6 Å². The predicted molar refractivity (Wildman–Crippen MR) is 80.2 cm³/mol. The Hall–Kier alpha value is -2.08. The number of hydrogen-bond donors (Lipinski definition) is 1. The molecule has 1 aromatic carbocycles. The molecule has 0 aliphatic carbocycles. The first-order valence-corrected chi connectivity index (χ1v) is 7.10. The second-order valence-corrected chi connectivity index (χ2v) is 5.35. The van der Waals surface area contributed by atoms with Gasteiger partial charge in [0.25, 0.3) is 5.91 Å². The summed E-state index contributed by atoms with van der Waals surface area (Å²) in [7, 11) is 1.72. The molecule has 0 unspecified atom stereocenters. The van der Waals surface area contributed by atoms with Crippen LogP contribution >= 0.6 is 11.3 Å². The second-order valence-electron chi connectivity index (χ2n) is 4.46. The number of carbonyl (C=O) groups excluding carboxylic acids is 1. The lowest BCUT2D eigenvalue weighted by molar-refractivity contribution is 0.0769. The van der Waals surface area contributed by atoms with Crippen LogP contribution in [0.1, 0.15) is 16.1 Å². The van der Waals surface area contributed by atoms with E-state index in [2.05, 4.69) is 4.98 Å². The van der Waals surface area contributed by atoms with E-state index in [1.54, 1.807) is 17.3 Å². The van der Waals surface area contributed by atoms with Gasteiger partial charge in [0.05, 0.1) is 6.54 Å². The first-order valence-electron chi connectivity index (χ1n) is 6.22. The van der Waals surface area contributed by atoms with Crippen molar-refractivity contribution in [2.24, 2.45) is 0 Å². The number of anilines is 1. The molecule has 2 rings (SSSR count). The van der Waals surface area contributed by atoms with Crippen LogP contribution in [0.4, 0.5) is 5.13 Å². The van der Waals surface area contributed by atoms with Gasteiger partial charge in [-0.2, -0.15) is 0 Å². The number of carbonyl (C=O) groups is 1. The van der Waals surface area contributed by atoms with Gasteiger partial charge in [0.15, 0.2) is 5.13 Å². The van der Waals surface area contributed by atoms with Gasteiger partial charge in [-0.3, -0.25) is 4.79 Å². The average Bonchev–Trinajstić information content (AvgIpc) is 2.84. The summed E-state index contributed by atoms with van der Waals surface area (Å²) in [6.07, 6.45) is 0. The summed E-state index contributed by atoms with van der Waals surface area (Å²) in [5.74, 6) is 0.662. The molecule has 20 heavy (non-hydrogen) atoms. The maximum absolute atomic E-state index is 12.0. The summed E-state index contributed by atoms with van der Waals surface area (Å²) >= 11 is 1.26. The molecule has 0 atom stereocenters. The Kier molecular flexibility index (Phi) is 4.57. The normalized spacial score (nSPS) is 10.3. The highest BCUT2D eigenvalue weighted by Gasteiger charge is 2.14. The highest BCUT2D eigenvalue weighted by Crippen LogP contribution is 2.14. The van der Waals surface area contributed by atoms with Crippen LogP contribution in [0.2, 0.25) is 0 Å². The molecule has 5 nitrogen and oxygen atoms in total. The third kappa shape index (κ3) is 3.71. The van der Waals surface area contributed by atoms with E-state index in [9.17, 15) is 4.79 Å². The molecular weight excluding hydrogens is 274 g/mol. The van der Waals surface area contributed by atoms with Crippen molar-refractivity contribution in [2.75, 3.05) is 25.9 Å². The Balaban J connectivity index is 1.83. The molecule has 0 bridgehead atoms. The number of nitrogens with two attached hydrogens (primary N) is 1. The van der Waals surface area contributed by atoms with Crippen LogP contribution in [0.5, 0.6) is 5.75 Å². The maximum atomic E-state index is 12.0. The summed E-state index contributed by atoms with van der Waals surface area (Å²) in [4.78, 5) is 17.6. The van der Waals surface area contributed by atoms with Crippen LogP contribution in [0.25, 0.3) is 0 Å². The number of nitrogens with zero attached hydrogens (tertiary/aromatic N) is 2. The Morgan fingerprint density at radius 1 is 1.50 bits per heavy atom. The SMILES string of the molecule is Cc1cccc(OCCN(C)C(=O)c2csc(N)n2)c1. The topological polar surface area (TPSA) is 68.5 Å². The van der Waals surface area contributed by atoms with Crippen molar-refractivity contribution in [3.63, 3.8) is 0 Å². The van der Waals surface area contributed by atoms with Gasteiger partial charge in [0.1, 0.15) is 18.1 Å². The largest absolute Gasteiger partial charge is 0.492 e. The van der Waals surface area contributed by atoms with E-state index in [1.165, 1.54) is 11.3 Å². The summed E-state index contributed by atoms with van der Waals surface area (Å²) in [5.41, 5.74) is 7.04. The predicted octanol–water partition coefficient (Wildman–Crippen LogP) is 2.18. The number of aryl methyl sites for hydroxylation is 1. The molecule has 1 heterocycles. The van der Waals surface area contributed by atoms with Gasteiger partial charge in [0, 0.05) is 12.4 Å². The molecule has 1 amide bonds. The van der Waals surface area contributed by atoms with Gasteiger partial charge in [-0.05, 0) is 24.6 Å². The third-order valence-electron chi connectivity index (χ3n) is 2.77. The molecule has 2 N–H and O–H groups in total. The highest BCUT2D eigenvalue weighted by atomic mass is 32.1. The lowest BCUT2D eigenvalue weighted by Crippen LogP contribution is -2.31. The van der Waals surface area contributed by atoms with E-state index in [0.29, 0.717) is 24.0 Å². The number of benzene rings is 1. The van der Waals surface area contributed by atoms with Gasteiger partial charge in [-0.25, -0.2) is 4.98 Å². The van der Waals surface area contributed by atoms with Crippen LogP contribution < -0.4 is 10.5 Å². The highest BCUT2D eigenvalue weighted by molar-refractivity contribution is 7.13. The number of rotatable bonds is 5. The average molecular weight is 291 g/mol. The second kappa shape index (κ2) is 6.38. The number of amides is 1. The fourth-order valence-corrected chi connectivity index (χ4v) is 2.23. The van der Waals surface area contributed by atoms with Crippen LogP contribution in [-0.4, -0.2) is 36.0 Å². The number of thiazole rings is 1. The van der Waals surface area contributed by atoms with Gasteiger partial charge < -0.3 is 15.4 Å².